The third-order valence-electron chi connectivity index (χ3n) is 3.52. The number of carbonyl (C=O) groups is 2. The molecular formula is C17H22N2O4. The summed E-state index contributed by atoms with van der Waals surface area (Å²) >= 11 is 0. The molecule has 0 fully saturated rings. The van der Waals surface area contributed by atoms with Gasteiger partial charge in [-0.05, 0) is 44.9 Å². The molecule has 1 unspecified atom stereocenters. The Morgan fingerprint density at radius 2 is 2.09 bits per heavy atom. The van der Waals surface area contributed by atoms with Crippen LogP contribution in [0, 0.1) is 25.2 Å². The zero-order valence-corrected chi connectivity index (χ0v) is 14.2. The molecule has 23 heavy (non-hydrogen) atoms. The molecule has 0 N–H and O–H groups in total. The molecule has 0 radical (unpaired) electrons. The van der Waals surface area contributed by atoms with E-state index in [0.29, 0.717) is 0 Å². The number of nitrogens with zero attached hydrogens (tertiary/aromatic N) is 2. The van der Waals surface area contributed by atoms with Gasteiger partial charge in [0.15, 0.2) is 6.10 Å². The van der Waals surface area contributed by atoms with E-state index in [2.05, 4.69) is 16.2 Å². The molecule has 0 saturated heterocycles. The number of hydrogen-bond donors (Lipinski definition) is 0. The Morgan fingerprint density at radius 3 is 2.61 bits per heavy atom. The highest BCUT2D eigenvalue weighted by molar-refractivity contribution is 5.99. The van der Waals surface area contributed by atoms with Crippen LogP contribution < -0.4 is 0 Å². The lowest BCUT2D eigenvalue weighted by atomic mass is 10.1. The minimum Gasteiger partial charge on any atom is -0.466 e. The van der Waals surface area contributed by atoms with Gasteiger partial charge < -0.3 is 14.0 Å². The summed E-state index contributed by atoms with van der Waals surface area (Å²) in [4.78, 5) is 23.3. The first-order chi connectivity index (χ1) is 10.8. The van der Waals surface area contributed by atoms with Gasteiger partial charge in [-0.15, -0.1) is 0 Å². The predicted octanol–water partition coefficient (Wildman–Crippen LogP) is 2.53. The van der Waals surface area contributed by atoms with Crippen LogP contribution in [0.15, 0.2) is 11.6 Å². The largest absolute Gasteiger partial charge is 0.466 e. The molecule has 124 valence electrons. The minimum absolute atomic E-state index is 0.155. The Hall–Kier alpha value is -2.55. The number of nitriles is 1. The standard InChI is InChI=1S/C17H22N2O4/c1-6-7-19-11(2)8-14(12(19)3)9-15(10-18)17(21)23-13(4)16(20)22-5/h8-9,13H,6-7H2,1-5H3/b15-9-. The van der Waals surface area contributed by atoms with Crippen molar-refractivity contribution in [1.29, 1.82) is 5.26 Å². The molecule has 1 atom stereocenters. The van der Waals surface area contributed by atoms with Crippen molar-refractivity contribution in [3.8, 4) is 6.07 Å². The zero-order chi connectivity index (χ0) is 17.6. The fourth-order valence-corrected chi connectivity index (χ4v) is 2.27. The van der Waals surface area contributed by atoms with Crippen LogP contribution in [0.3, 0.4) is 0 Å². The Bertz CT molecular complexity index is 665. The highest BCUT2D eigenvalue weighted by atomic mass is 16.6. The number of carbonyl (C=O) groups excluding carboxylic acids is 2. The maximum atomic E-state index is 12.0. The highest BCUT2D eigenvalue weighted by Gasteiger charge is 2.21. The van der Waals surface area contributed by atoms with Crippen LogP contribution in [-0.4, -0.2) is 29.7 Å². The van der Waals surface area contributed by atoms with Crippen LogP contribution in [0.5, 0.6) is 0 Å². The molecule has 0 aliphatic rings. The van der Waals surface area contributed by atoms with E-state index in [4.69, 9.17) is 4.74 Å². The monoisotopic (exact) mass is 318 g/mol. The van der Waals surface area contributed by atoms with E-state index >= 15 is 0 Å². The number of hydrogen-bond acceptors (Lipinski definition) is 5. The van der Waals surface area contributed by atoms with Gasteiger partial charge in [-0.1, -0.05) is 6.92 Å². The van der Waals surface area contributed by atoms with Gasteiger partial charge in [0.2, 0.25) is 0 Å². The summed E-state index contributed by atoms with van der Waals surface area (Å²) < 4.78 is 11.6. The molecule has 1 rings (SSSR count). The molecule has 1 heterocycles. The molecule has 1 aromatic heterocycles. The normalized spacial score (nSPS) is 12.4. The fourth-order valence-electron chi connectivity index (χ4n) is 2.27. The van der Waals surface area contributed by atoms with Gasteiger partial charge in [-0.3, -0.25) is 0 Å². The third-order valence-corrected chi connectivity index (χ3v) is 3.52. The summed E-state index contributed by atoms with van der Waals surface area (Å²) in [5, 5.41) is 9.19. The maximum Gasteiger partial charge on any atom is 0.349 e. The van der Waals surface area contributed by atoms with E-state index in [1.165, 1.54) is 20.1 Å². The first-order valence-corrected chi connectivity index (χ1v) is 7.43. The van der Waals surface area contributed by atoms with Gasteiger partial charge in [0.1, 0.15) is 11.6 Å². The van der Waals surface area contributed by atoms with Crippen molar-refractivity contribution in [2.45, 2.75) is 46.8 Å². The Labute approximate surface area is 136 Å². The second kappa shape index (κ2) is 8.18. The second-order valence-corrected chi connectivity index (χ2v) is 5.22. The lowest BCUT2D eigenvalue weighted by Crippen LogP contribution is -2.25. The van der Waals surface area contributed by atoms with Gasteiger partial charge in [0.05, 0.1) is 7.11 Å². The van der Waals surface area contributed by atoms with Crippen molar-refractivity contribution in [2.75, 3.05) is 7.11 Å². The van der Waals surface area contributed by atoms with Crippen molar-refractivity contribution in [3.63, 3.8) is 0 Å². The van der Waals surface area contributed by atoms with E-state index in [-0.39, 0.29) is 5.57 Å². The fraction of sp³-hybridized carbons (Fsp3) is 0.471. The van der Waals surface area contributed by atoms with Crippen molar-refractivity contribution in [1.82, 2.24) is 4.57 Å². The lowest BCUT2D eigenvalue weighted by Gasteiger charge is -2.10. The topological polar surface area (TPSA) is 81.3 Å². The number of aryl methyl sites for hydroxylation is 1. The van der Waals surface area contributed by atoms with E-state index in [0.717, 1.165) is 29.9 Å². The quantitative estimate of drug-likeness (QED) is 0.457. The number of rotatable bonds is 6. The smallest absolute Gasteiger partial charge is 0.349 e. The lowest BCUT2D eigenvalue weighted by molar-refractivity contribution is -0.161. The Kier molecular flexibility index (Phi) is 6.58. The molecule has 0 aromatic carbocycles. The number of methoxy groups -OCH3 is 1. The summed E-state index contributed by atoms with van der Waals surface area (Å²) in [6.45, 7) is 8.26. The van der Waals surface area contributed by atoms with Gasteiger partial charge in [-0.25, -0.2) is 9.59 Å². The van der Waals surface area contributed by atoms with Crippen molar-refractivity contribution < 1.29 is 19.1 Å². The Balaban J connectivity index is 3.04. The molecule has 0 spiro atoms. The van der Waals surface area contributed by atoms with E-state index in [9.17, 15) is 14.9 Å². The second-order valence-electron chi connectivity index (χ2n) is 5.22. The molecule has 0 bridgehead atoms. The summed E-state index contributed by atoms with van der Waals surface area (Å²) in [6.07, 6.45) is 1.42. The van der Waals surface area contributed by atoms with Crippen molar-refractivity contribution in [2.24, 2.45) is 0 Å². The van der Waals surface area contributed by atoms with Crippen LogP contribution in [0.4, 0.5) is 0 Å². The Morgan fingerprint density at radius 1 is 1.43 bits per heavy atom. The predicted molar refractivity (Wildman–Crippen MR) is 85.4 cm³/mol. The summed E-state index contributed by atoms with van der Waals surface area (Å²) in [6, 6.07) is 3.74. The molecule has 0 aliphatic heterocycles. The van der Waals surface area contributed by atoms with E-state index < -0.39 is 18.0 Å². The maximum absolute atomic E-state index is 12.0. The third kappa shape index (κ3) is 4.46. The summed E-state index contributed by atoms with van der Waals surface area (Å²) in [5.41, 5.74) is 2.67. The minimum atomic E-state index is -1.06. The molecule has 1 aromatic rings. The highest BCUT2D eigenvalue weighted by Crippen LogP contribution is 2.19. The zero-order valence-electron chi connectivity index (χ0n) is 14.2. The first kappa shape index (κ1) is 18.5. The first-order valence-electron chi connectivity index (χ1n) is 7.43. The molecule has 6 heteroatoms. The molecular weight excluding hydrogens is 296 g/mol. The molecule has 6 nitrogen and oxygen atoms in total. The van der Waals surface area contributed by atoms with Gasteiger partial charge in [0.25, 0.3) is 0 Å². The van der Waals surface area contributed by atoms with Gasteiger partial charge >= 0.3 is 11.9 Å². The van der Waals surface area contributed by atoms with Gasteiger partial charge in [0, 0.05) is 17.9 Å². The summed E-state index contributed by atoms with van der Waals surface area (Å²) in [7, 11) is 1.20. The van der Waals surface area contributed by atoms with Gasteiger partial charge in [-0.2, -0.15) is 5.26 Å². The van der Waals surface area contributed by atoms with E-state index in [1.54, 1.807) is 0 Å². The molecule has 0 saturated carbocycles. The average Bonchev–Trinajstić information content (AvgIpc) is 2.79. The number of esters is 2. The number of aromatic nitrogens is 1. The van der Waals surface area contributed by atoms with Crippen molar-refractivity contribution in [3.05, 3.63) is 28.6 Å². The summed E-state index contributed by atoms with van der Waals surface area (Å²) in [5.74, 6) is -1.51. The van der Waals surface area contributed by atoms with Crippen molar-refractivity contribution >= 4 is 18.0 Å². The van der Waals surface area contributed by atoms with Crippen LogP contribution in [0.25, 0.3) is 6.08 Å². The molecule has 0 aliphatic carbocycles. The van der Waals surface area contributed by atoms with Crippen LogP contribution >= 0.6 is 0 Å². The SMILES string of the molecule is CCCn1c(C)cc(/C=C(/C#N)C(=O)OC(C)C(=O)OC)c1C. The van der Waals surface area contributed by atoms with Crippen LogP contribution in [0.2, 0.25) is 0 Å². The average molecular weight is 318 g/mol. The van der Waals surface area contributed by atoms with Crippen LogP contribution in [0.1, 0.15) is 37.2 Å². The number of ether oxygens (including phenoxy) is 2. The van der Waals surface area contributed by atoms with E-state index in [1.807, 2.05) is 26.0 Å². The molecule has 0 amide bonds. The van der Waals surface area contributed by atoms with Crippen LogP contribution in [-0.2, 0) is 25.6 Å².